The number of pyridine rings is 1. The van der Waals surface area contributed by atoms with E-state index in [1.54, 1.807) is 0 Å². The zero-order valence-corrected chi connectivity index (χ0v) is 20.4. The molecule has 0 saturated carbocycles. The van der Waals surface area contributed by atoms with E-state index < -0.39 is 42.3 Å². The average molecular weight is 541 g/mol. The van der Waals surface area contributed by atoms with Crippen molar-refractivity contribution in [3.05, 3.63) is 89.0 Å². The van der Waals surface area contributed by atoms with Gasteiger partial charge in [0.1, 0.15) is 17.6 Å². The molecular weight excluding hydrogens is 516 g/mol. The summed E-state index contributed by atoms with van der Waals surface area (Å²) in [4.78, 5) is 16.2. The number of amides is 1. The van der Waals surface area contributed by atoms with E-state index in [-0.39, 0.29) is 24.3 Å². The molecule has 0 bridgehead atoms. The van der Waals surface area contributed by atoms with Gasteiger partial charge >= 0.3 is 12.8 Å². The summed E-state index contributed by atoms with van der Waals surface area (Å²) in [5.41, 5.74) is 0.467. The fourth-order valence-electron chi connectivity index (χ4n) is 3.82. The van der Waals surface area contributed by atoms with Crippen molar-refractivity contribution in [1.82, 2.24) is 15.6 Å². The lowest BCUT2D eigenvalue weighted by Gasteiger charge is -2.26. The molecule has 2 atom stereocenters. The van der Waals surface area contributed by atoms with Crippen LogP contribution in [0.1, 0.15) is 40.9 Å². The van der Waals surface area contributed by atoms with Gasteiger partial charge in [-0.3, -0.25) is 15.1 Å². The number of aromatic nitrogens is 1. The van der Waals surface area contributed by atoms with Gasteiger partial charge < -0.3 is 14.8 Å². The summed E-state index contributed by atoms with van der Waals surface area (Å²) in [6.45, 7) is -3.08. The Morgan fingerprint density at radius 1 is 1.00 bits per heavy atom. The summed E-state index contributed by atoms with van der Waals surface area (Å²) in [6.07, 6.45) is -2.93. The van der Waals surface area contributed by atoms with Gasteiger partial charge in [-0.05, 0) is 59.9 Å². The number of nitrogens with one attached hydrogen (secondary N) is 2. The number of aryl methyl sites for hydroxylation is 1. The Labute approximate surface area is 215 Å². The van der Waals surface area contributed by atoms with Crippen molar-refractivity contribution >= 4 is 5.91 Å². The molecule has 0 aliphatic carbocycles. The summed E-state index contributed by atoms with van der Waals surface area (Å²) in [5, 5.41) is 5.74. The Morgan fingerprint density at radius 2 is 1.68 bits per heavy atom. The van der Waals surface area contributed by atoms with E-state index in [0.717, 1.165) is 12.3 Å². The first-order chi connectivity index (χ1) is 18.0. The number of alkyl halides is 5. The molecule has 1 amide bonds. The first-order valence-corrected chi connectivity index (χ1v) is 11.4. The number of carbonyl (C=O) groups is 1. The Kier molecular flexibility index (Phi) is 9.56. The third kappa shape index (κ3) is 7.60. The van der Waals surface area contributed by atoms with Gasteiger partial charge in [-0.15, -0.1) is 0 Å². The molecule has 38 heavy (non-hydrogen) atoms. The molecule has 12 heteroatoms. The Bertz CT molecular complexity index is 1200. The van der Waals surface area contributed by atoms with Crippen LogP contribution < -0.4 is 20.1 Å². The van der Waals surface area contributed by atoms with Crippen LogP contribution in [0.25, 0.3) is 0 Å². The van der Waals surface area contributed by atoms with Crippen molar-refractivity contribution in [1.29, 1.82) is 0 Å². The lowest BCUT2D eigenvalue weighted by Crippen LogP contribution is -2.38. The molecular formula is C26H25F6N3O3. The number of hydrogen-bond acceptors (Lipinski definition) is 5. The van der Waals surface area contributed by atoms with Gasteiger partial charge in [0.05, 0.1) is 7.11 Å². The maximum atomic E-state index is 13.5. The number of nitrogens with zero attached hydrogens (tertiary/aromatic N) is 1. The number of carbonyl (C=O) groups excluding carboxylic acids is 1. The van der Waals surface area contributed by atoms with Crippen LogP contribution in [0.15, 0.2) is 60.8 Å². The van der Waals surface area contributed by atoms with Crippen molar-refractivity contribution in [3.8, 4) is 11.5 Å². The number of rotatable bonds is 11. The summed E-state index contributed by atoms with van der Waals surface area (Å²) < 4.78 is 87.4. The second kappa shape index (κ2) is 12.6. The quantitative estimate of drug-likeness (QED) is 0.309. The molecule has 1 heterocycles. The van der Waals surface area contributed by atoms with Gasteiger partial charge in [0.15, 0.2) is 11.5 Å². The zero-order chi connectivity index (χ0) is 27.9. The molecule has 3 aromatic rings. The number of methoxy groups -OCH3 is 1. The number of benzene rings is 2. The van der Waals surface area contributed by atoms with Crippen LogP contribution in [0.2, 0.25) is 0 Å². The minimum absolute atomic E-state index is 0.0177. The van der Waals surface area contributed by atoms with E-state index in [9.17, 15) is 31.1 Å². The first-order valence-electron chi connectivity index (χ1n) is 11.4. The molecule has 204 valence electrons. The second-order valence-corrected chi connectivity index (χ2v) is 8.19. The topological polar surface area (TPSA) is 72.5 Å². The van der Waals surface area contributed by atoms with Gasteiger partial charge in [-0.1, -0.05) is 24.3 Å². The van der Waals surface area contributed by atoms with E-state index in [4.69, 9.17) is 4.74 Å². The van der Waals surface area contributed by atoms with Crippen molar-refractivity contribution < 1.29 is 40.6 Å². The second-order valence-electron chi connectivity index (χ2n) is 8.19. The largest absolute Gasteiger partial charge is 0.493 e. The van der Waals surface area contributed by atoms with Gasteiger partial charge in [0, 0.05) is 19.3 Å². The van der Waals surface area contributed by atoms with E-state index in [0.29, 0.717) is 16.7 Å². The first kappa shape index (κ1) is 28.8. The van der Waals surface area contributed by atoms with Crippen LogP contribution >= 0.6 is 0 Å². The summed E-state index contributed by atoms with van der Waals surface area (Å²) >= 11 is 0. The molecule has 6 nitrogen and oxygen atoms in total. The van der Waals surface area contributed by atoms with E-state index in [1.807, 2.05) is 0 Å². The Morgan fingerprint density at radius 3 is 2.24 bits per heavy atom. The van der Waals surface area contributed by atoms with Crippen molar-refractivity contribution in [2.45, 2.75) is 37.7 Å². The summed E-state index contributed by atoms with van der Waals surface area (Å²) in [6, 6.07) is 10.2. The van der Waals surface area contributed by atoms with Gasteiger partial charge in [0.25, 0.3) is 0 Å². The monoisotopic (exact) mass is 541 g/mol. The predicted octanol–water partition coefficient (Wildman–Crippen LogP) is 5.60. The Hall–Kier alpha value is -3.80. The third-order valence-electron chi connectivity index (χ3n) is 5.72. The minimum atomic E-state index is -4.57. The normalized spacial score (nSPS) is 13.2. The van der Waals surface area contributed by atoms with Crippen molar-refractivity contribution in [3.63, 3.8) is 0 Å². The number of ether oxygens (including phenoxy) is 2. The highest BCUT2D eigenvalue weighted by Crippen LogP contribution is 2.34. The molecule has 3 rings (SSSR count). The SMILES string of the molecule is CNC(=O)C(NC(CCc1ccc(C(F)(F)F)nc1)c1ccc(OC(F)F)c(OC)c1)c1ccc(F)cc1. The van der Waals surface area contributed by atoms with Crippen LogP contribution in [-0.2, 0) is 17.4 Å². The molecule has 1 aromatic heterocycles. The molecule has 0 spiro atoms. The maximum Gasteiger partial charge on any atom is 0.433 e. The van der Waals surface area contributed by atoms with Crippen LogP contribution in [0.5, 0.6) is 11.5 Å². The highest BCUT2D eigenvalue weighted by atomic mass is 19.4. The molecule has 0 radical (unpaired) electrons. The lowest BCUT2D eigenvalue weighted by molar-refractivity contribution is -0.141. The van der Waals surface area contributed by atoms with E-state index in [2.05, 4.69) is 20.4 Å². The number of likely N-dealkylation sites (N-methyl/N-ethyl adjacent to an activating group) is 1. The van der Waals surface area contributed by atoms with Gasteiger partial charge in [-0.25, -0.2) is 4.39 Å². The zero-order valence-electron chi connectivity index (χ0n) is 20.4. The van der Waals surface area contributed by atoms with Crippen LogP contribution in [0.3, 0.4) is 0 Å². The number of hydrogen-bond donors (Lipinski definition) is 2. The smallest absolute Gasteiger partial charge is 0.433 e. The van der Waals surface area contributed by atoms with Crippen molar-refractivity contribution in [2.24, 2.45) is 0 Å². The highest BCUT2D eigenvalue weighted by Gasteiger charge is 2.32. The Balaban J connectivity index is 1.94. The molecule has 0 saturated heterocycles. The third-order valence-corrected chi connectivity index (χ3v) is 5.72. The fraction of sp³-hybridized carbons (Fsp3) is 0.308. The molecule has 2 unspecified atom stereocenters. The van der Waals surface area contributed by atoms with Crippen molar-refractivity contribution in [2.75, 3.05) is 14.2 Å². The summed E-state index contributed by atoms with van der Waals surface area (Å²) in [7, 11) is 2.71. The van der Waals surface area contributed by atoms with Crippen LogP contribution in [0, 0.1) is 5.82 Å². The number of halogens is 6. The molecule has 0 aliphatic heterocycles. The summed E-state index contributed by atoms with van der Waals surface area (Å²) in [5.74, 6) is -1.10. The minimum Gasteiger partial charge on any atom is -0.493 e. The predicted molar refractivity (Wildman–Crippen MR) is 126 cm³/mol. The fourth-order valence-corrected chi connectivity index (χ4v) is 3.82. The molecule has 2 aromatic carbocycles. The van der Waals surface area contributed by atoms with E-state index in [1.165, 1.54) is 62.7 Å². The lowest BCUT2D eigenvalue weighted by atomic mass is 9.96. The van der Waals surface area contributed by atoms with Crippen LogP contribution in [0.4, 0.5) is 26.3 Å². The van der Waals surface area contributed by atoms with Crippen LogP contribution in [-0.4, -0.2) is 31.7 Å². The molecule has 2 N–H and O–H groups in total. The standard InChI is InChI=1S/C26H25F6N3O3/c1-33-24(36)23(16-5-8-18(27)9-6-16)35-19(10-3-15-4-12-22(34-14-15)26(30,31)32)17-7-11-20(38-25(28)29)21(13-17)37-2/h4-9,11-14,19,23,25,35H,3,10H2,1-2H3,(H,33,36). The van der Waals surface area contributed by atoms with E-state index >= 15 is 0 Å². The average Bonchev–Trinajstić information content (AvgIpc) is 2.89. The van der Waals surface area contributed by atoms with Gasteiger partial charge in [0.2, 0.25) is 5.91 Å². The maximum absolute atomic E-state index is 13.5. The highest BCUT2D eigenvalue weighted by molar-refractivity contribution is 5.83. The van der Waals surface area contributed by atoms with Gasteiger partial charge in [-0.2, -0.15) is 22.0 Å². The molecule has 0 aliphatic rings. The molecule has 0 fully saturated rings.